The van der Waals surface area contributed by atoms with E-state index < -0.39 is 0 Å². The fraction of sp³-hybridized carbons (Fsp3) is 0.250. The highest BCUT2D eigenvalue weighted by molar-refractivity contribution is 7.80. The van der Waals surface area contributed by atoms with Gasteiger partial charge < -0.3 is 16.4 Å². The van der Waals surface area contributed by atoms with Crippen molar-refractivity contribution in [3.8, 4) is 0 Å². The van der Waals surface area contributed by atoms with Crippen molar-refractivity contribution in [1.82, 2.24) is 15.6 Å². The highest BCUT2D eigenvalue weighted by Gasteiger charge is 1.98. The molecule has 0 fully saturated rings. The summed E-state index contributed by atoms with van der Waals surface area (Å²) in [5, 5.41) is 6.27. The number of pyridine rings is 1. The van der Waals surface area contributed by atoms with Crippen molar-refractivity contribution >= 4 is 23.3 Å². The summed E-state index contributed by atoms with van der Waals surface area (Å²) >= 11 is 5.07. The molecule has 1 aromatic rings. The van der Waals surface area contributed by atoms with Gasteiger partial charge in [-0.25, -0.2) is 4.99 Å². The number of aliphatic imine (C=N–C) groups is 1. The van der Waals surface area contributed by atoms with E-state index in [2.05, 4.69) is 27.2 Å². The SMILES string of the molecule is C=CCN=C(N)NC(=S)NCCc1ccccn1. The van der Waals surface area contributed by atoms with Gasteiger partial charge >= 0.3 is 0 Å². The van der Waals surface area contributed by atoms with Gasteiger partial charge in [-0.15, -0.1) is 6.58 Å². The zero-order chi connectivity index (χ0) is 13.2. The third-order valence-corrected chi connectivity index (χ3v) is 2.27. The molecule has 0 aromatic carbocycles. The van der Waals surface area contributed by atoms with E-state index >= 15 is 0 Å². The van der Waals surface area contributed by atoms with E-state index in [0.717, 1.165) is 12.1 Å². The Bertz CT molecular complexity index is 416. The van der Waals surface area contributed by atoms with Gasteiger partial charge in [0.05, 0.1) is 6.54 Å². The van der Waals surface area contributed by atoms with Gasteiger partial charge in [0, 0.05) is 24.9 Å². The van der Waals surface area contributed by atoms with Crippen LogP contribution in [0, 0.1) is 0 Å². The molecule has 0 unspecified atom stereocenters. The second kappa shape index (κ2) is 8.19. The third-order valence-electron chi connectivity index (χ3n) is 2.03. The van der Waals surface area contributed by atoms with E-state index in [9.17, 15) is 0 Å². The molecule has 0 radical (unpaired) electrons. The Balaban J connectivity index is 2.23. The highest BCUT2D eigenvalue weighted by atomic mass is 32.1. The number of aromatic nitrogens is 1. The number of hydrogen-bond acceptors (Lipinski definition) is 3. The lowest BCUT2D eigenvalue weighted by atomic mass is 10.3. The van der Waals surface area contributed by atoms with Crippen LogP contribution in [0.25, 0.3) is 0 Å². The molecule has 0 spiro atoms. The summed E-state index contributed by atoms with van der Waals surface area (Å²) in [5.41, 5.74) is 6.61. The molecular formula is C12H17N5S. The van der Waals surface area contributed by atoms with E-state index in [1.807, 2.05) is 18.2 Å². The van der Waals surface area contributed by atoms with Crippen LogP contribution in [0.1, 0.15) is 5.69 Å². The summed E-state index contributed by atoms with van der Waals surface area (Å²) in [5.74, 6) is 0.283. The topological polar surface area (TPSA) is 75.3 Å². The minimum absolute atomic E-state index is 0.283. The fourth-order valence-electron chi connectivity index (χ4n) is 1.21. The minimum atomic E-state index is 0.283. The van der Waals surface area contributed by atoms with Crippen LogP contribution in [-0.2, 0) is 6.42 Å². The Labute approximate surface area is 112 Å². The van der Waals surface area contributed by atoms with Crippen LogP contribution in [0.5, 0.6) is 0 Å². The first-order valence-electron chi connectivity index (χ1n) is 5.58. The molecule has 1 aromatic heterocycles. The Hall–Kier alpha value is -1.95. The van der Waals surface area contributed by atoms with Crippen LogP contribution < -0.4 is 16.4 Å². The van der Waals surface area contributed by atoms with Gasteiger partial charge in [0.15, 0.2) is 11.1 Å². The predicted octanol–water partition coefficient (Wildman–Crippen LogP) is 0.589. The van der Waals surface area contributed by atoms with Crippen LogP contribution in [0.3, 0.4) is 0 Å². The second-order valence-electron chi connectivity index (χ2n) is 3.47. The van der Waals surface area contributed by atoms with Crippen molar-refractivity contribution in [2.75, 3.05) is 13.1 Å². The first-order valence-corrected chi connectivity index (χ1v) is 5.98. The number of guanidine groups is 1. The molecular weight excluding hydrogens is 246 g/mol. The van der Waals surface area contributed by atoms with Crippen molar-refractivity contribution in [2.45, 2.75) is 6.42 Å². The monoisotopic (exact) mass is 263 g/mol. The molecule has 1 heterocycles. The van der Waals surface area contributed by atoms with Crippen LogP contribution in [0.2, 0.25) is 0 Å². The summed E-state index contributed by atoms with van der Waals surface area (Å²) in [4.78, 5) is 8.19. The van der Waals surface area contributed by atoms with Crippen molar-refractivity contribution in [1.29, 1.82) is 0 Å². The van der Waals surface area contributed by atoms with Gasteiger partial charge in [-0.05, 0) is 24.4 Å². The molecule has 0 bridgehead atoms. The lowest BCUT2D eigenvalue weighted by molar-refractivity contribution is 0.837. The molecule has 0 aliphatic carbocycles. The third kappa shape index (κ3) is 5.95. The predicted molar refractivity (Wildman–Crippen MR) is 78.4 cm³/mol. The van der Waals surface area contributed by atoms with Crippen LogP contribution >= 0.6 is 12.2 Å². The molecule has 0 saturated heterocycles. The number of rotatable bonds is 5. The van der Waals surface area contributed by atoms with E-state index in [1.54, 1.807) is 12.3 Å². The van der Waals surface area contributed by atoms with Crippen LogP contribution in [-0.4, -0.2) is 29.1 Å². The van der Waals surface area contributed by atoms with Gasteiger partial charge in [-0.1, -0.05) is 12.1 Å². The molecule has 18 heavy (non-hydrogen) atoms. The van der Waals surface area contributed by atoms with Gasteiger partial charge in [0.1, 0.15) is 0 Å². The molecule has 0 atom stereocenters. The van der Waals surface area contributed by atoms with Crippen molar-refractivity contribution in [3.05, 3.63) is 42.7 Å². The van der Waals surface area contributed by atoms with Crippen LogP contribution in [0.4, 0.5) is 0 Å². The molecule has 0 aliphatic heterocycles. The average molecular weight is 263 g/mol. The van der Waals surface area contributed by atoms with Crippen molar-refractivity contribution < 1.29 is 0 Å². The summed E-state index contributed by atoms with van der Waals surface area (Å²) in [6.45, 7) is 4.71. The first-order chi connectivity index (χ1) is 8.72. The zero-order valence-corrected chi connectivity index (χ0v) is 10.9. The Morgan fingerprint density at radius 3 is 3.06 bits per heavy atom. The van der Waals surface area contributed by atoms with Gasteiger partial charge in [-0.2, -0.15) is 0 Å². The highest BCUT2D eigenvalue weighted by Crippen LogP contribution is 1.92. The zero-order valence-electron chi connectivity index (χ0n) is 10.1. The molecule has 5 nitrogen and oxygen atoms in total. The standard InChI is InChI=1S/C12H17N5S/c1-2-7-15-11(13)17-12(18)16-9-6-10-5-3-4-8-14-10/h2-5,8H,1,6-7,9H2,(H4,13,15,16,17,18). The lowest BCUT2D eigenvalue weighted by Crippen LogP contribution is -2.43. The Morgan fingerprint density at radius 1 is 1.56 bits per heavy atom. The van der Waals surface area contributed by atoms with Crippen molar-refractivity contribution in [3.63, 3.8) is 0 Å². The maximum absolute atomic E-state index is 5.59. The maximum atomic E-state index is 5.59. The number of thiocarbonyl (C=S) groups is 1. The van der Waals surface area contributed by atoms with Crippen LogP contribution in [0.15, 0.2) is 42.0 Å². The van der Waals surface area contributed by atoms with E-state index in [4.69, 9.17) is 18.0 Å². The molecule has 4 N–H and O–H groups in total. The summed E-state index contributed by atoms with van der Waals surface area (Å²) in [7, 11) is 0. The molecule has 0 amide bonds. The second-order valence-corrected chi connectivity index (χ2v) is 3.87. The fourth-order valence-corrected chi connectivity index (χ4v) is 1.42. The number of nitrogens with zero attached hydrogens (tertiary/aromatic N) is 2. The molecule has 6 heteroatoms. The number of nitrogens with two attached hydrogens (primary N) is 1. The van der Waals surface area contributed by atoms with Gasteiger partial charge in [0.2, 0.25) is 0 Å². The molecule has 96 valence electrons. The largest absolute Gasteiger partial charge is 0.370 e. The smallest absolute Gasteiger partial charge is 0.195 e. The van der Waals surface area contributed by atoms with Gasteiger partial charge in [0.25, 0.3) is 0 Å². The van der Waals surface area contributed by atoms with E-state index in [1.165, 1.54) is 0 Å². The Kier molecular flexibility index (Phi) is 6.42. The maximum Gasteiger partial charge on any atom is 0.195 e. The molecule has 0 aliphatic rings. The quantitative estimate of drug-likeness (QED) is 0.314. The minimum Gasteiger partial charge on any atom is -0.370 e. The molecule has 0 saturated carbocycles. The van der Waals surface area contributed by atoms with E-state index in [0.29, 0.717) is 18.2 Å². The number of hydrogen-bond donors (Lipinski definition) is 3. The van der Waals surface area contributed by atoms with Crippen molar-refractivity contribution in [2.24, 2.45) is 10.7 Å². The normalized spacial score (nSPS) is 10.8. The van der Waals surface area contributed by atoms with Gasteiger partial charge in [-0.3, -0.25) is 4.98 Å². The average Bonchev–Trinajstić information content (AvgIpc) is 2.37. The number of nitrogens with one attached hydrogen (secondary N) is 2. The molecule has 1 rings (SSSR count). The summed E-state index contributed by atoms with van der Waals surface area (Å²) in [6.07, 6.45) is 4.23. The summed E-state index contributed by atoms with van der Waals surface area (Å²) < 4.78 is 0. The lowest BCUT2D eigenvalue weighted by Gasteiger charge is -2.09. The first kappa shape index (κ1) is 14.1. The van der Waals surface area contributed by atoms with E-state index in [-0.39, 0.29) is 5.96 Å². The summed E-state index contributed by atoms with van der Waals surface area (Å²) in [6, 6.07) is 5.82. The Morgan fingerprint density at radius 2 is 2.39 bits per heavy atom.